The summed E-state index contributed by atoms with van der Waals surface area (Å²) in [6.07, 6.45) is 0. The molecule has 6 nitrogen and oxygen atoms in total. The number of nitro benzene ring substituents is 1. The van der Waals surface area contributed by atoms with E-state index in [9.17, 15) is 10.1 Å². The molecule has 1 aromatic heterocycles. The molecule has 3 aromatic rings. The molecule has 0 saturated carbocycles. The Morgan fingerprint density at radius 2 is 1.85 bits per heavy atom. The number of thioether (sulfide) groups is 1. The fraction of sp³-hybridized carbons (Fsp3) is 0.176. The van der Waals surface area contributed by atoms with Gasteiger partial charge in [0, 0.05) is 40.0 Å². The van der Waals surface area contributed by atoms with Crippen molar-refractivity contribution in [1.82, 2.24) is 14.8 Å². The van der Waals surface area contributed by atoms with Gasteiger partial charge in [-0.1, -0.05) is 53.2 Å². The van der Waals surface area contributed by atoms with Gasteiger partial charge in [0.25, 0.3) is 5.69 Å². The van der Waals surface area contributed by atoms with Crippen LogP contribution in [-0.2, 0) is 12.3 Å². The highest BCUT2D eigenvalue weighted by molar-refractivity contribution is 7.98. The van der Waals surface area contributed by atoms with E-state index in [1.807, 2.05) is 11.5 Å². The first-order valence-corrected chi connectivity index (χ1v) is 9.49. The molecule has 0 saturated heterocycles. The molecule has 0 aliphatic rings. The Balaban J connectivity index is 1.89. The van der Waals surface area contributed by atoms with Crippen molar-refractivity contribution in [3.63, 3.8) is 0 Å². The number of rotatable bonds is 6. The molecule has 0 N–H and O–H groups in total. The average Bonchev–Trinajstić information content (AvgIpc) is 3.04. The Labute approximate surface area is 164 Å². The normalized spacial score (nSPS) is 10.9. The van der Waals surface area contributed by atoms with E-state index < -0.39 is 4.92 Å². The fourth-order valence-electron chi connectivity index (χ4n) is 2.46. The summed E-state index contributed by atoms with van der Waals surface area (Å²) in [5, 5.41) is 21.4. The number of nitro groups is 1. The van der Waals surface area contributed by atoms with Gasteiger partial charge in [0.2, 0.25) is 0 Å². The lowest BCUT2D eigenvalue weighted by atomic mass is 10.2. The van der Waals surface area contributed by atoms with E-state index in [1.165, 1.54) is 23.9 Å². The molecule has 9 heteroatoms. The quantitative estimate of drug-likeness (QED) is 0.307. The molecule has 1 heterocycles. The molecule has 0 atom stereocenters. The SMILES string of the molecule is CCn1c(SCc2c(Cl)cccc2Cl)nnc1-c1cccc([N+](=O)[O-])c1. The van der Waals surface area contributed by atoms with Crippen molar-refractivity contribution in [2.45, 2.75) is 24.4 Å². The van der Waals surface area contributed by atoms with Gasteiger partial charge >= 0.3 is 0 Å². The molecule has 0 fully saturated rings. The van der Waals surface area contributed by atoms with Crippen LogP contribution in [0.4, 0.5) is 5.69 Å². The second-order valence-corrected chi connectivity index (χ2v) is 7.10. The first-order chi connectivity index (χ1) is 12.5. The Bertz CT molecular complexity index is 941. The lowest BCUT2D eigenvalue weighted by molar-refractivity contribution is -0.384. The standard InChI is InChI=1S/C17H14Cl2N4O2S/c1-2-22-16(11-5-3-6-12(9-11)23(24)25)20-21-17(22)26-10-13-14(18)7-4-8-15(13)19/h3-9H,2,10H2,1H3. The van der Waals surface area contributed by atoms with E-state index in [1.54, 1.807) is 30.3 Å². The summed E-state index contributed by atoms with van der Waals surface area (Å²) in [7, 11) is 0. The van der Waals surface area contributed by atoms with E-state index in [-0.39, 0.29) is 5.69 Å². The summed E-state index contributed by atoms with van der Waals surface area (Å²) in [5.41, 5.74) is 1.50. The molecule has 0 unspecified atom stereocenters. The zero-order valence-electron chi connectivity index (χ0n) is 13.7. The van der Waals surface area contributed by atoms with Crippen LogP contribution < -0.4 is 0 Å². The second kappa shape index (κ2) is 8.07. The number of hydrogen-bond acceptors (Lipinski definition) is 5. The van der Waals surface area contributed by atoms with Crippen molar-refractivity contribution in [3.05, 3.63) is 68.2 Å². The van der Waals surface area contributed by atoms with Gasteiger partial charge in [-0.15, -0.1) is 10.2 Å². The molecule has 2 aromatic carbocycles. The smallest absolute Gasteiger partial charge is 0.270 e. The number of benzene rings is 2. The van der Waals surface area contributed by atoms with Gasteiger partial charge in [-0.3, -0.25) is 10.1 Å². The van der Waals surface area contributed by atoms with Gasteiger partial charge in [0.15, 0.2) is 11.0 Å². The van der Waals surface area contributed by atoms with Crippen LogP contribution in [-0.4, -0.2) is 19.7 Å². The topological polar surface area (TPSA) is 73.8 Å². The lowest BCUT2D eigenvalue weighted by Crippen LogP contribution is -2.00. The summed E-state index contributed by atoms with van der Waals surface area (Å²) >= 11 is 13.9. The highest BCUT2D eigenvalue weighted by Gasteiger charge is 2.16. The largest absolute Gasteiger partial charge is 0.302 e. The van der Waals surface area contributed by atoms with Crippen LogP contribution in [0.25, 0.3) is 11.4 Å². The van der Waals surface area contributed by atoms with Crippen LogP contribution >= 0.6 is 35.0 Å². The van der Waals surface area contributed by atoms with Crippen molar-refractivity contribution >= 4 is 40.7 Å². The molecule has 0 radical (unpaired) electrons. The van der Waals surface area contributed by atoms with Crippen molar-refractivity contribution in [1.29, 1.82) is 0 Å². The minimum Gasteiger partial charge on any atom is -0.302 e. The molecule has 0 amide bonds. The van der Waals surface area contributed by atoms with Crippen molar-refractivity contribution in [3.8, 4) is 11.4 Å². The minimum atomic E-state index is -0.425. The Kier molecular flexibility index (Phi) is 5.80. The molecular weight excluding hydrogens is 395 g/mol. The van der Waals surface area contributed by atoms with Gasteiger partial charge in [0.1, 0.15) is 0 Å². The molecule has 0 spiro atoms. The van der Waals surface area contributed by atoms with E-state index in [0.29, 0.717) is 38.9 Å². The number of hydrogen-bond donors (Lipinski definition) is 0. The predicted molar refractivity (Wildman–Crippen MR) is 104 cm³/mol. The molecule has 3 rings (SSSR count). The van der Waals surface area contributed by atoms with Crippen molar-refractivity contribution in [2.75, 3.05) is 0 Å². The molecule has 0 aliphatic carbocycles. The number of aromatic nitrogens is 3. The van der Waals surface area contributed by atoms with Gasteiger partial charge < -0.3 is 4.57 Å². The summed E-state index contributed by atoms with van der Waals surface area (Å²) < 4.78 is 1.91. The van der Waals surface area contributed by atoms with E-state index in [2.05, 4.69) is 10.2 Å². The Hall–Kier alpha value is -2.09. The van der Waals surface area contributed by atoms with Crippen LogP contribution in [0.2, 0.25) is 10.0 Å². The maximum atomic E-state index is 11.0. The number of nitrogens with zero attached hydrogens (tertiary/aromatic N) is 4. The third kappa shape index (κ3) is 3.85. The maximum absolute atomic E-state index is 11.0. The van der Waals surface area contributed by atoms with Crippen molar-refractivity contribution in [2.24, 2.45) is 0 Å². The predicted octanol–water partition coefficient (Wildman–Crippen LogP) is 5.47. The second-order valence-electron chi connectivity index (χ2n) is 5.35. The molecular formula is C17H14Cl2N4O2S. The third-order valence-electron chi connectivity index (χ3n) is 3.76. The van der Waals surface area contributed by atoms with Gasteiger partial charge in [-0.2, -0.15) is 0 Å². The Morgan fingerprint density at radius 1 is 1.15 bits per heavy atom. The summed E-state index contributed by atoms with van der Waals surface area (Å²) in [5.74, 6) is 1.13. The van der Waals surface area contributed by atoms with E-state index in [0.717, 1.165) is 5.56 Å². The molecule has 26 heavy (non-hydrogen) atoms. The number of halogens is 2. The first-order valence-electron chi connectivity index (χ1n) is 7.75. The highest BCUT2D eigenvalue weighted by Crippen LogP contribution is 2.32. The van der Waals surface area contributed by atoms with Crippen LogP contribution in [0.15, 0.2) is 47.6 Å². The van der Waals surface area contributed by atoms with Crippen molar-refractivity contribution < 1.29 is 4.92 Å². The Morgan fingerprint density at radius 3 is 2.50 bits per heavy atom. The van der Waals surface area contributed by atoms with Crippen LogP contribution in [0.3, 0.4) is 0 Å². The van der Waals surface area contributed by atoms with Crippen LogP contribution in [0, 0.1) is 10.1 Å². The summed E-state index contributed by atoms with van der Waals surface area (Å²) in [6.45, 7) is 2.60. The fourth-order valence-corrected chi connectivity index (χ4v) is 4.20. The van der Waals surface area contributed by atoms with Gasteiger partial charge in [-0.05, 0) is 24.6 Å². The van der Waals surface area contributed by atoms with E-state index in [4.69, 9.17) is 23.2 Å². The van der Waals surface area contributed by atoms with Gasteiger partial charge in [0.05, 0.1) is 4.92 Å². The minimum absolute atomic E-state index is 0.0187. The lowest BCUT2D eigenvalue weighted by Gasteiger charge is -2.09. The zero-order valence-corrected chi connectivity index (χ0v) is 16.1. The average molecular weight is 409 g/mol. The number of non-ortho nitro benzene ring substituents is 1. The highest BCUT2D eigenvalue weighted by atomic mass is 35.5. The first kappa shape index (κ1) is 18.7. The summed E-state index contributed by atoms with van der Waals surface area (Å²) in [6, 6.07) is 11.8. The van der Waals surface area contributed by atoms with Crippen LogP contribution in [0.5, 0.6) is 0 Å². The molecule has 134 valence electrons. The zero-order chi connectivity index (χ0) is 18.7. The summed E-state index contributed by atoms with van der Waals surface area (Å²) in [4.78, 5) is 10.6. The third-order valence-corrected chi connectivity index (χ3v) is 5.46. The maximum Gasteiger partial charge on any atom is 0.270 e. The van der Waals surface area contributed by atoms with Gasteiger partial charge in [-0.25, -0.2) is 0 Å². The molecule has 0 aliphatic heterocycles. The molecule has 0 bridgehead atoms. The monoisotopic (exact) mass is 408 g/mol. The van der Waals surface area contributed by atoms with Crippen LogP contribution in [0.1, 0.15) is 12.5 Å². The van der Waals surface area contributed by atoms with E-state index >= 15 is 0 Å².